The number of rotatable bonds is 5. The molecule has 3 aromatic rings. The molecule has 0 spiro atoms. The second-order valence-corrected chi connectivity index (χ2v) is 9.28. The van der Waals surface area contributed by atoms with Crippen LogP contribution >= 0.6 is 11.8 Å². The molecule has 0 unspecified atom stereocenters. The number of aryl methyl sites for hydroxylation is 2. The molecule has 1 saturated heterocycles. The van der Waals surface area contributed by atoms with Crippen LogP contribution in [0.3, 0.4) is 0 Å². The Hall–Kier alpha value is -2.05. The van der Waals surface area contributed by atoms with Crippen LogP contribution < -0.4 is 0 Å². The Balaban J connectivity index is 0.000000199. The van der Waals surface area contributed by atoms with Gasteiger partial charge in [-0.2, -0.15) is 13.5 Å². The number of ether oxygens (including phenoxy) is 1. The van der Waals surface area contributed by atoms with Gasteiger partial charge in [0.15, 0.2) is 5.65 Å². The standard InChI is InChI=1S/C12H17N5OS.C7H8O3S/c1-16-11-10(8-15-16)12(14-9-13-11)19-7-4-17-2-5-18-6-3-17;1-6-2-4-7(5-3-6)11(8,9)10/h8-9H,2-7H2,1H3;2-5H,1H3,(H,8,9,10). The summed E-state index contributed by atoms with van der Waals surface area (Å²) in [5.74, 6) is 1.03. The minimum atomic E-state index is -4.02. The van der Waals surface area contributed by atoms with Crippen LogP contribution in [0.4, 0.5) is 0 Å². The zero-order valence-corrected chi connectivity index (χ0v) is 18.6. The molecule has 3 heterocycles. The fraction of sp³-hybridized carbons (Fsp3) is 0.421. The highest BCUT2D eigenvalue weighted by Crippen LogP contribution is 2.23. The lowest BCUT2D eigenvalue weighted by Crippen LogP contribution is -2.37. The quantitative estimate of drug-likeness (QED) is 0.354. The molecule has 4 rings (SSSR count). The van der Waals surface area contributed by atoms with Crippen LogP contribution in [0.2, 0.25) is 0 Å². The zero-order valence-electron chi connectivity index (χ0n) is 16.9. The highest BCUT2D eigenvalue weighted by atomic mass is 32.2. The number of thioether (sulfide) groups is 1. The van der Waals surface area contributed by atoms with Gasteiger partial charge in [-0.25, -0.2) is 9.97 Å². The van der Waals surface area contributed by atoms with Crippen molar-refractivity contribution in [1.82, 2.24) is 24.6 Å². The Morgan fingerprint density at radius 2 is 1.87 bits per heavy atom. The normalized spacial score (nSPS) is 15.0. The lowest BCUT2D eigenvalue weighted by atomic mass is 10.2. The highest BCUT2D eigenvalue weighted by molar-refractivity contribution is 7.99. The van der Waals surface area contributed by atoms with Gasteiger partial charge in [0.2, 0.25) is 0 Å². The predicted octanol–water partition coefficient (Wildman–Crippen LogP) is 2.03. The third kappa shape index (κ3) is 6.22. The molecule has 0 atom stereocenters. The van der Waals surface area contributed by atoms with Gasteiger partial charge in [-0.3, -0.25) is 14.1 Å². The van der Waals surface area contributed by atoms with E-state index in [1.807, 2.05) is 20.2 Å². The van der Waals surface area contributed by atoms with E-state index in [0.717, 1.165) is 60.2 Å². The molecule has 0 radical (unpaired) electrons. The maximum atomic E-state index is 10.5. The molecule has 0 bridgehead atoms. The monoisotopic (exact) mass is 451 g/mol. The van der Waals surface area contributed by atoms with Crippen molar-refractivity contribution in [3.8, 4) is 0 Å². The Kier molecular flexibility index (Phi) is 7.78. The third-order valence-electron chi connectivity index (χ3n) is 4.56. The maximum Gasteiger partial charge on any atom is 0.294 e. The van der Waals surface area contributed by atoms with Gasteiger partial charge < -0.3 is 4.74 Å². The number of benzene rings is 1. The van der Waals surface area contributed by atoms with E-state index < -0.39 is 10.1 Å². The first-order valence-corrected chi connectivity index (χ1v) is 11.9. The van der Waals surface area contributed by atoms with E-state index in [4.69, 9.17) is 9.29 Å². The van der Waals surface area contributed by atoms with E-state index in [0.29, 0.717) is 0 Å². The van der Waals surface area contributed by atoms with Crippen molar-refractivity contribution < 1.29 is 17.7 Å². The van der Waals surface area contributed by atoms with E-state index in [1.165, 1.54) is 12.1 Å². The van der Waals surface area contributed by atoms with Crippen molar-refractivity contribution >= 4 is 32.9 Å². The van der Waals surface area contributed by atoms with Gasteiger partial charge in [0, 0.05) is 32.4 Å². The summed E-state index contributed by atoms with van der Waals surface area (Å²) in [6.45, 7) is 6.68. The van der Waals surface area contributed by atoms with Crippen LogP contribution in [0.25, 0.3) is 11.0 Å². The van der Waals surface area contributed by atoms with Gasteiger partial charge >= 0.3 is 0 Å². The Morgan fingerprint density at radius 3 is 2.53 bits per heavy atom. The van der Waals surface area contributed by atoms with E-state index in [1.54, 1.807) is 34.9 Å². The molecular formula is C19H25N5O4S2. The van der Waals surface area contributed by atoms with Crippen molar-refractivity contribution in [2.24, 2.45) is 7.05 Å². The minimum absolute atomic E-state index is 0.0666. The van der Waals surface area contributed by atoms with Gasteiger partial charge in [-0.15, -0.1) is 11.8 Å². The van der Waals surface area contributed by atoms with Crippen LogP contribution in [0.15, 0.2) is 46.7 Å². The molecule has 11 heteroatoms. The Labute approximate surface area is 180 Å². The molecule has 0 saturated carbocycles. The summed E-state index contributed by atoms with van der Waals surface area (Å²) in [6, 6.07) is 5.99. The van der Waals surface area contributed by atoms with Crippen molar-refractivity contribution in [3.05, 3.63) is 42.4 Å². The van der Waals surface area contributed by atoms with Crippen molar-refractivity contribution in [2.45, 2.75) is 16.8 Å². The number of fused-ring (bicyclic) bond motifs is 1. The SMILES string of the molecule is Cc1ccc(S(=O)(=O)O)cc1.Cn1ncc2c(SCCN3CCOCC3)ncnc21. The molecule has 1 fully saturated rings. The molecule has 0 aliphatic carbocycles. The Morgan fingerprint density at radius 1 is 1.17 bits per heavy atom. The minimum Gasteiger partial charge on any atom is -0.379 e. The number of hydrogen-bond donors (Lipinski definition) is 1. The predicted molar refractivity (Wildman–Crippen MR) is 115 cm³/mol. The third-order valence-corrected chi connectivity index (χ3v) is 6.42. The summed E-state index contributed by atoms with van der Waals surface area (Å²) in [7, 11) is -2.12. The maximum absolute atomic E-state index is 10.5. The summed E-state index contributed by atoms with van der Waals surface area (Å²) in [6.07, 6.45) is 3.45. The highest BCUT2D eigenvalue weighted by Gasteiger charge is 2.12. The molecule has 1 aliphatic heterocycles. The largest absolute Gasteiger partial charge is 0.379 e. The van der Waals surface area contributed by atoms with Gasteiger partial charge in [0.05, 0.1) is 29.7 Å². The number of morpholine rings is 1. The van der Waals surface area contributed by atoms with Gasteiger partial charge in [0.1, 0.15) is 11.4 Å². The van der Waals surface area contributed by atoms with Crippen LogP contribution in [0.5, 0.6) is 0 Å². The lowest BCUT2D eigenvalue weighted by molar-refractivity contribution is 0.0410. The van der Waals surface area contributed by atoms with Crippen LogP contribution in [0.1, 0.15) is 5.56 Å². The number of hydrogen-bond acceptors (Lipinski definition) is 8. The summed E-state index contributed by atoms with van der Waals surface area (Å²) in [5.41, 5.74) is 1.85. The molecule has 1 aliphatic rings. The topological polar surface area (TPSA) is 110 Å². The fourth-order valence-corrected chi connectivity index (χ4v) is 4.31. The zero-order chi connectivity index (χ0) is 21.6. The first-order chi connectivity index (χ1) is 14.3. The second kappa shape index (κ2) is 10.3. The van der Waals surface area contributed by atoms with E-state index >= 15 is 0 Å². The summed E-state index contributed by atoms with van der Waals surface area (Å²) in [5, 5.41) is 6.29. The molecule has 9 nitrogen and oxygen atoms in total. The molecule has 1 N–H and O–H groups in total. The van der Waals surface area contributed by atoms with E-state index in [-0.39, 0.29) is 4.90 Å². The average molecular weight is 452 g/mol. The average Bonchev–Trinajstić information content (AvgIpc) is 3.11. The summed E-state index contributed by atoms with van der Waals surface area (Å²) in [4.78, 5) is 11.0. The van der Waals surface area contributed by atoms with Crippen LogP contribution in [-0.2, 0) is 21.9 Å². The summed E-state index contributed by atoms with van der Waals surface area (Å²) >= 11 is 1.77. The first-order valence-electron chi connectivity index (χ1n) is 9.44. The molecule has 2 aromatic heterocycles. The Bertz CT molecular complexity index is 1060. The molecule has 0 amide bonds. The number of aromatic nitrogens is 4. The second-order valence-electron chi connectivity index (χ2n) is 6.77. The molecule has 162 valence electrons. The molecule has 1 aromatic carbocycles. The lowest BCUT2D eigenvalue weighted by Gasteiger charge is -2.26. The van der Waals surface area contributed by atoms with Gasteiger partial charge in [0.25, 0.3) is 10.1 Å². The van der Waals surface area contributed by atoms with Gasteiger partial charge in [-0.1, -0.05) is 17.7 Å². The van der Waals surface area contributed by atoms with E-state index in [2.05, 4.69) is 20.0 Å². The van der Waals surface area contributed by atoms with Crippen molar-refractivity contribution in [1.29, 1.82) is 0 Å². The number of nitrogens with zero attached hydrogens (tertiary/aromatic N) is 5. The van der Waals surface area contributed by atoms with Gasteiger partial charge in [-0.05, 0) is 19.1 Å². The smallest absolute Gasteiger partial charge is 0.294 e. The van der Waals surface area contributed by atoms with Crippen molar-refractivity contribution in [3.63, 3.8) is 0 Å². The van der Waals surface area contributed by atoms with Crippen molar-refractivity contribution in [2.75, 3.05) is 38.6 Å². The molecular weight excluding hydrogens is 426 g/mol. The first kappa shape index (κ1) is 22.6. The fourth-order valence-electron chi connectivity index (χ4n) is 2.86. The molecule has 30 heavy (non-hydrogen) atoms. The van der Waals surface area contributed by atoms with Crippen LogP contribution in [-0.4, -0.2) is 76.2 Å². The van der Waals surface area contributed by atoms with Crippen LogP contribution in [0, 0.1) is 6.92 Å². The van der Waals surface area contributed by atoms with E-state index in [9.17, 15) is 8.42 Å². The summed E-state index contributed by atoms with van der Waals surface area (Å²) < 4.78 is 36.7.